The Bertz CT molecular complexity index is 659. The highest BCUT2D eigenvalue weighted by Gasteiger charge is 2.22. The molecule has 1 aliphatic rings. The normalized spacial score (nSPS) is 19.6. The Labute approximate surface area is 119 Å². The maximum Gasteiger partial charge on any atom is 0.253 e. The molecule has 4 heteroatoms. The predicted octanol–water partition coefficient (Wildman–Crippen LogP) is 2.22. The third-order valence-electron chi connectivity index (χ3n) is 4.21. The molecule has 2 aromatic rings. The molecule has 1 saturated heterocycles. The maximum absolute atomic E-state index is 12.6. The van der Waals surface area contributed by atoms with Gasteiger partial charge in [-0.1, -0.05) is 0 Å². The number of aryl methyl sites for hydroxylation is 2. The van der Waals surface area contributed by atoms with Crippen LogP contribution in [0.3, 0.4) is 0 Å². The number of fused-ring (bicyclic) bond motifs is 1. The highest BCUT2D eigenvalue weighted by atomic mass is 16.2. The molecule has 106 valence electrons. The van der Waals surface area contributed by atoms with E-state index in [1.54, 1.807) is 0 Å². The number of rotatable bonds is 1. The van der Waals surface area contributed by atoms with Gasteiger partial charge in [0.1, 0.15) is 0 Å². The van der Waals surface area contributed by atoms with Crippen molar-refractivity contribution in [2.75, 3.05) is 19.6 Å². The first-order valence-corrected chi connectivity index (χ1v) is 7.18. The van der Waals surface area contributed by atoms with Gasteiger partial charge < -0.3 is 15.2 Å². The second kappa shape index (κ2) is 4.94. The first-order valence-electron chi connectivity index (χ1n) is 7.18. The summed E-state index contributed by atoms with van der Waals surface area (Å²) in [6, 6.07) is 6.32. The third-order valence-corrected chi connectivity index (χ3v) is 4.21. The standard InChI is InChI=1S/C16H21N3O/c1-10-9-19(7-6-17-10)16(20)13-4-5-15-14(8-13)11(2)12(3)18-15/h4-5,8,10,17-18H,6-7,9H2,1-3H3/t10-/m0/s1. The minimum absolute atomic E-state index is 0.138. The van der Waals surface area contributed by atoms with Gasteiger partial charge in [0.15, 0.2) is 0 Å². The van der Waals surface area contributed by atoms with Crippen LogP contribution in [-0.2, 0) is 0 Å². The average Bonchev–Trinajstić information content (AvgIpc) is 2.73. The molecule has 20 heavy (non-hydrogen) atoms. The molecule has 0 saturated carbocycles. The number of hydrogen-bond donors (Lipinski definition) is 2. The third kappa shape index (κ3) is 2.20. The van der Waals surface area contributed by atoms with Crippen molar-refractivity contribution in [3.63, 3.8) is 0 Å². The van der Waals surface area contributed by atoms with Gasteiger partial charge in [-0.05, 0) is 44.5 Å². The van der Waals surface area contributed by atoms with E-state index in [1.165, 1.54) is 11.3 Å². The molecule has 1 aromatic heterocycles. The smallest absolute Gasteiger partial charge is 0.253 e. The van der Waals surface area contributed by atoms with Crippen molar-refractivity contribution in [1.29, 1.82) is 0 Å². The predicted molar refractivity (Wildman–Crippen MR) is 81.1 cm³/mol. The van der Waals surface area contributed by atoms with Gasteiger partial charge in [0.2, 0.25) is 0 Å². The molecule has 0 spiro atoms. The summed E-state index contributed by atoms with van der Waals surface area (Å²) in [7, 11) is 0. The van der Waals surface area contributed by atoms with Crippen LogP contribution in [0.5, 0.6) is 0 Å². The highest BCUT2D eigenvalue weighted by Crippen LogP contribution is 2.23. The first kappa shape index (κ1) is 13.2. The molecule has 2 N–H and O–H groups in total. The monoisotopic (exact) mass is 271 g/mol. The molecule has 1 aliphatic heterocycles. The zero-order chi connectivity index (χ0) is 14.3. The summed E-state index contributed by atoms with van der Waals surface area (Å²) >= 11 is 0. The number of aromatic nitrogens is 1. The van der Waals surface area contributed by atoms with E-state index in [2.05, 4.69) is 31.1 Å². The molecule has 0 bridgehead atoms. The van der Waals surface area contributed by atoms with Gasteiger partial charge in [-0.25, -0.2) is 0 Å². The Morgan fingerprint density at radius 1 is 1.35 bits per heavy atom. The van der Waals surface area contributed by atoms with Crippen LogP contribution in [0.25, 0.3) is 10.9 Å². The number of carbonyl (C=O) groups excluding carboxylic acids is 1. The number of piperazine rings is 1. The van der Waals surface area contributed by atoms with E-state index in [0.29, 0.717) is 6.04 Å². The number of H-pyrrole nitrogens is 1. The molecule has 3 rings (SSSR count). The van der Waals surface area contributed by atoms with E-state index in [1.807, 2.05) is 23.1 Å². The molecule has 1 fully saturated rings. The van der Waals surface area contributed by atoms with Crippen molar-refractivity contribution in [2.24, 2.45) is 0 Å². The lowest BCUT2D eigenvalue weighted by Gasteiger charge is -2.32. The van der Waals surface area contributed by atoms with E-state index < -0.39 is 0 Å². The summed E-state index contributed by atoms with van der Waals surface area (Å²) in [5, 5.41) is 4.51. The van der Waals surface area contributed by atoms with Crippen molar-refractivity contribution in [1.82, 2.24) is 15.2 Å². The van der Waals surface area contributed by atoms with Crippen LogP contribution >= 0.6 is 0 Å². The lowest BCUT2D eigenvalue weighted by Crippen LogP contribution is -2.51. The summed E-state index contributed by atoms with van der Waals surface area (Å²) in [5.41, 5.74) is 4.28. The molecule has 4 nitrogen and oxygen atoms in total. The fraction of sp³-hybridized carbons (Fsp3) is 0.438. The van der Waals surface area contributed by atoms with E-state index in [4.69, 9.17) is 0 Å². The van der Waals surface area contributed by atoms with E-state index >= 15 is 0 Å². The second-order valence-electron chi connectivity index (χ2n) is 5.74. The number of aromatic amines is 1. The fourth-order valence-corrected chi connectivity index (χ4v) is 2.89. The zero-order valence-electron chi connectivity index (χ0n) is 12.3. The van der Waals surface area contributed by atoms with E-state index in [9.17, 15) is 4.79 Å². The topological polar surface area (TPSA) is 48.1 Å². The van der Waals surface area contributed by atoms with Gasteiger partial charge in [-0.15, -0.1) is 0 Å². The summed E-state index contributed by atoms with van der Waals surface area (Å²) < 4.78 is 0. The Balaban J connectivity index is 1.93. The summed E-state index contributed by atoms with van der Waals surface area (Å²) in [6.07, 6.45) is 0. The lowest BCUT2D eigenvalue weighted by molar-refractivity contribution is 0.0709. The van der Waals surface area contributed by atoms with Crippen LogP contribution in [-0.4, -0.2) is 41.5 Å². The van der Waals surface area contributed by atoms with Crippen LogP contribution < -0.4 is 5.32 Å². The number of amides is 1. The molecular weight excluding hydrogens is 250 g/mol. The SMILES string of the molecule is Cc1[nH]c2ccc(C(=O)N3CCN[C@@H](C)C3)cc2c1C. The van der Waals surface area contributed by atoms with Gasteiger partial charge in [-0.3, -0.25) is 4.79 Å². The molecule has 1 aromatic carbocycles. The lowest BCUT2D eigenvalue weighted by atomic mass is 10.1. The largest absolute Gasteiger partial charge is 0.358 e. The van der Waals surface area contributed by atoms with Gasteiger partial charge in [0, 0.05) is 47.8 Å². The number of benzene rings is 1. The molecule has 1 amide bonds. The Hall–Kier alpha value is -1.81. The van der Waals surface area contributed by atoms with E-state index in [0.717, 1.165) is 36.1 Å². The van der Waals surface area contributed by atoms with E-state index in [-0.39, 0.29) is 5.91 Å². The minimum atomic E-state index is 0.138. The summed E-state index contributed by atoms with van der Waals surface area (Å²) in [6.45, 7) is 8.71. The van der Waals surface area contributed by atoms with Gasteiger partial charge in [0.25, 0.3) is 5.91 Å². The van der Waals surface area contributed by atoms with Crippen molar-refractivity contribution in [3.8, 4) is 0 Å². The van der Waals surface area contributed by atoms with Gasteiger partial charge >= 0.3 is 0 Å². The number of nitrogens with one attached hydrogen (secondary N) is 2. The Morgan fingerprint density at radius 3 is 2.90 bits per heavy atom. The molecule has 0 unspecified atom stereocenters. The Morgan fingerprint density at radius 2 is 2.15 bits per heavy atom. The van der Waals surface area contributed by atoms with Crippen LogP contribution in [0.4, 0.5) is 0 Å². The molecule has 0 aliphatic carbocycles. The van der Waals surface area contributed by atoms with Crippen LogP contribution in [0.2, 0.25) is 0 Å². The molecular formula is C16H21N3O. The van der Waals surface area contributed by atoms with Gasteiger partial charge in [-0.2, -0.15) is 0 Å². The molecule has 2 heterocycles. The van der Waals surface area contributed by atoms with Crippen molar-refractivity contribution in [3.05, 3.63) is 35.0 Å². The van der Waals surface area contributed by atoms with Crippen molar-refractivity contribution < 1.29 is 4.79 Å². The number of carbonyl (C=O) groups is 1. The zero-order valence-corrected chi connectivity index (χ0v) is 12.3. The first-order chi connectivity index (χ1) is 9.56. The number of hydrogen-bond acceptors (Lipinski definition) is 2. The van der Waals surface area contributed by atoms with Crippen LogP contribution in [0.1, 0.15) is 28.5 Å². The summed E-state index contributed by atoms with van der Waals surface area (Å²) in [5.74, 6) is 0.138. The van der Waals surface area contributed by atoms with Crippen molar-refractivity contribution >= 4 is 16.8 Å². The second-order valence-corrected chi connectivity index (χ2v) is 5.74. The van der Waals surface area contributed by atoms with Crippen LogP contribution in [0, 0.1) is 13.8 Å². The van der Waals surface area contributed by atoms with Gasteiger partial charge in [0.05, 0.1) is 0 Å². The summed E-state index contributed by atoms with van der Waals surface area (Å²) in [4.78, 5) is 17.9. The fourth-order valence-electron chi connectivity index (χ4n) is 2.89. The van der Waals surface area contributed by atoms with Crippen molar-refractivity contribution in [2.45, 2.75) is 26.8 Å². The molecule has 1 atom stereocenters. The average molecular weight is 271 g/mol. The van der Waals surface area contributed by atoms with Crippen LogP contribution in [0.15, 0.2) is 18.2 Å². The quantitative estimate of drug-likeness (QED) is 0.835. The maximum atomic E-state index is 12.6. The number of nitrogens with zero attached hydrogens (tertiary/aromatic N) is 1. The Kier molecular flexibility index (Phi) is 3.26. The molecule has 0 radical (unpaired) electrons. The highest BCUT2D eigenvalue weighted by molar-refractivity contribution is 5.99. The minimum Gasteiger partial charge on any atom is -0.358 e.